The van der Waals surface area contributed by atoms with Crippen LogP contribution >= 0.6 is 11.8 Å². The van der Waals surface area contributed by atoms with Crippen molar-refractivity contribution in [2.24, 2.45) is 0 Å². The summed E-state index contributed by atoms with van der Waals surface area (Å²) < 4.78 is 39.9. The zero-order chi connectivity index (χ0) is 17.9. The average molecular weight is 354 g/mol. The van der Waals surface area contributed by atoms with E-state index in [0.29, 0.717) is 11.4 Å². The number of benzene rings is 1. The van der Waals surface area contributed by atoms with Gasteiger partial charge >= 0.3 is 6.18 Å². The maximum absolute atomic E-state index is 13.3. The van der Waals surface area contributed by atoms with Crippen molar-refractivity contribution < 1.29 is 18.0 Å². The standard InChI is InChI=1S/C17H17F3N2OS/c1-4-24-16-13(12(8-9-21-16)17(18,19)20)15(23)22-14-10(2)6-5-7-11(14)3/h5-9H,4H2,1-3H3,(H,22,23). The summed E-state index contributed by atoms with van der Waals surface area (Å²) in [6.07, 6.45) is -3.55. The Kier molecular flexibility index (Phi) is 5.54. The molecule has 0 bridgehead atoms. The molecule has 0 spiro atoms. The summed E-state index contributed by atoms with van der Waals surface area (Å²) in [5.74, 6) is -0.290. The third kappa shape index (κ3) is 3.90. The molecule has 24 heavy (non-hydrogen) atoms. The minimum absolute atomic E-state index is 0.0797. The number of amides is 1. The lowest BCUT2D eigenvalue weighted by atomic mass is 10.1. The third-order valence-electron chi connectivity index (χ3n) is 3.45. The molecule has 2 aromatic rings. The van der Waals surface area contributed by atoms with Gasteiger partial charge in [-0.25, -0.2) is 4.98 Å². The van der Waals surface area contributed by atoms with Gasteiger partial charge in [0.05, 0.1) is 11.1 Å². The summed E-state index contributed by atoms with van der Waals surface area (Å²) >= 11 is 1.11. The molecule has 0 aliphatic heterocycles. The quantitative estimate of drug-likeness (QED) is 0.779. The number of nitrogens with zero attached hydrogens (tertiary/aromatic N) is 1. The van der Waals surface area contributed by atoms with Crippen molar-refractivity contribution in [1.29, 1.82) is 0 Å². The van der Waals surface area contributed by atoms with Crippen molar-refractivity contribution in [2.75, 3.05) is 11.1 Å². The molecule has 0 atom stereocenters. The number of nitrogens with one attached hydrogen (secondary N) is 1. The van der Waals surface area contributed by atoms with Crippen LogP contribution in [-0.4, -0.2) is 16.6 Å². The number of rotatable bonds is 4. The smallest absolute Gasteiger partial charge is 0.321 e. The average Bonchev–Trinajstić information content (AvgIpc) is 2.50. The van der Waals surface area contributed by atoms with Gasteiger partial charge in [0.2, 0.25) is 0 Å². The van der Waals surface area contributed by atoms with E-state index in [2.05, 4.69) is 10.3 Å². The molecule has 1 aromatic carbocycles. The molecule has 1 aromatic heterocycles. The van der Waals surface area contributed by atoms with E-state index in [1.54, 1.807) is 32.9 Å². The van der Waals surface area contributed by atoms with Gasteiger partial charge in [-0.3, -0.25) is 4.79 Å². The van der Waals surface area contributed by atoms with E-state index in [-0.39, 0.29) is 5.03 Å². The molecule has 128 valence electrons. The zero-order valence-electron chi connectivity index (χ0n) is 13.5. The second kappa shape index (κ2) is 7.25. The number of thioether (sulfide) groups is 1. The number of carbonyl (C=O) groups is 1. The first-order valence-corrected chi connectivity index (χ1v) is 8.30. The van der Waals surface area contributed by atoms with Crippen LogP contribution in [0.5, 0.6) is 0 Å². The highest BCUT2D eigenvalue weighted by atomic mass is 32.2. The van der Waals surface area contributed by atoms with Gasteiger partial charge in [-0.2, -0.15) is 13.2 Å². The predicted molar refractivity (Wildman–Crippen MR) is 89.5 cm³/mol. The van der Waals surface area contributed by atoms with Crippen LogP contribution in [0.2, 0.25) is 0 Å². The molecule has 0 aliphatic rings. The fourth-order valence-corrected chi connectivity index (χ4v) is 3.09. The molecule has 0 unspecified atom stereocenters. The molecule has 1 amide bonds. The Hall–Kier alpha value is -2.02. The summed E-state index contributed by atoms with van der Waals surface area (Å²) in [6, 6.07) is 6.24. The Bertz CT molecular complexity index is 740. The van der Waals surface area contributed by atoms with Gasteiger partial charge in [-0.05, 0) is 36.8 Å². The largest absolute Gasteiger partial charge is 0.417 e. The van der Waals surface area contributed by atoms with Crippen molar-refractivity contribution >= 4 is 23.4 Å². The van der Waals surface area contributed by atoms with E-state index in [9.17, 15) is 18.0 Å². The van der Waals surface area contributed by atoms with Gasteiger partial charge in [0.1, 0.15) is 5.03 Å². The Morgan fingerprint density at radius 1 is 1.21 bits per heavy atom. The van der Waals surface area contributed by atoms with Gasteiger partial charge in [0.15, 0.2) is 0 Å². The summed E-state index contributed by atoms with van der Waals surface area (Å²) in [6.45, 7) is 5.37. The second-order valence-electron chi connectivity index (χ2n) is 5.19. The van der Waals surface area contributed by atoms with E-state index in [1.807, 2.05) is 6.07 Å². The van der Waals surface area contributed by atoms with Crippen molar-refractivity contribution in [1.82, 2.24) is 4.98 Å². The lowest BCUT2D eigenvalue weighted by molar-refractivity contribution is -0.138. The Morgan fingerprint density at radius 2 is 1.83 bits per heavy atom. The monoisotopic (exact) mass is 354 g/mol. The predicted octanol–water partition coefficient (Wildman–Crippen LogP) is 5.08. The molecular formula is C17H17F3N2OS. The number of hydrogen-bond donors (Lipinski definition) is 1. The van der Waals surface area contributed by atoms with E-state index in [1.165, 1.54) is 0 Å². The number of alkyl halides is 3. The molecule has 1 heterocycles. The van der Waals surface area contributed by atoms with E-state index < -0.39 is 23.2 Å². The Morgan fingerprint density at radius 3 is 2.38 bits per heavy atom. The molecule has 0 fully saturated rings. The number of halogens is 3. The fourth-order valence-electron chi connectivity index (χ4n) is 2.33. The van der Waals surface area contributed by atoms with Crippen LogP contribution in [0.25, 0.3) is 0 Å². The summed E-state index contributed by atoms with van der Waals surface area (Å²) in [4.78, 5) is 16.6. The topological polar surface area (TPSA) is 42.0 Å². The molecule has 2 rings (SSSR count). The molecule has 0 aliphatic carbocycles. The number of anilines is 1. The van der Waals surface area contributed by atoms with Crippen molar-refractivity contribution in [3.05, 3.63) is 52.7 Å². The maximum atomic E-state index is 13.3. The Labute approximate surface area is 142 Å². The molecule has 1 N–H and O–H groups in total. The summed E-state index contributed by atoms with van der Waals surface area (Å²) in [5.41, 5.74) is 0.680. The summed E-state index contributed by atoms with van der Waals surface area (Å²) in [5, 5.41) is 2.69. The summed E-state index contributed by atoms with van der Waals surface area (Å²) in [7, 11) is 0. The maximum Gasteiger partial charge on any atom is 0.417 e. The van der Waals surface area contributed by atoms with Gasteiger partial charge in [-0.15, -0.1) is 11.8 Å². The van der Waals surface area contributed by atoms with Crippen LogP contribution < -0.4 is 5.32 Å². The first kappa shape index (κ1) is 18.3. The van der Waals surface area contributed by atoms with E-state index in [4.69, 9.17) is 0 Å². The highest BCUT2D eigenvalue weighted by molar-refractivity contribution is 7.99. The van der Waals surface area contributed by atoms with Crippen molar-refractivity contribution in [2.45, 2.75) is 32.0 Å². The van der Waals surface area contributed by atoms with Crippen LogP contribution in [-0.2, 0) is 6.18 Å². The molecule has 0 saturated carbocycles. The number of carbonyl (C=O) groups excluding carboxylic acids is 1. The number of para-hydroxylation sites is 1. The van der Waals surface area contributed by atoms with Crippen molar-refractivity contribution in [3.8, 4) is 0 Å². The van der Waals surface area contributed by atoms with E-state index in [0.717, 1.165) is 35.2 Å². The van der Waals surface area contributed by atoms with E-state index >= 15 is 0 Å². The Balaban J connectivity index is 2.51. The first-order valence-electron chi connectivity index (χ1n) is 7.32. The number of aryl methyl sites for hydroxylation is 2. The molecular weight excluding hydrogens is 337 g/mol. The SMILES string of the molecule is CCSc1nccc(C(F)(F)F)c1C(=O)Nc1c(C)cccc1C. The van der Waals surface area contributed by atoms with Crippen LogP contribution in [0, 0.1) is 13.8 Å². The lowest BCUT2D eigenvalue weighted by Crippen LogP contribution is -2.21. The number of hydrogen-bond acceptors (Lipinski definition) is 3. The minimum Gasteiger partial charge on any atom is -0.321 e. The van der Waals surface area contributed by atoms with Crippen LogP contribution in [0.15, 0.2) is 35.5 Å². The van der Waals surface area contributed by atoms with Crippen LogP contribution in [0.1, 0.15) is 34.0 Å². The van der Waals surface area contributed by atoms with Gasteiger partial charge < -0.3 is 5.32 Å². The molecule has 3 nitrogen and oxygen atoms in total. The highest BCUT2D eigenvalue weighted by Crippen LogP contribution is 2.36. The van der Waals surface area contributed by atoms with Gasteiger partial charge in [0, 0.05) is 11.9 Å². The minimum atomic E-state index is -4.63. The van der Waals surface area contributed by atoms with Crippen LogP contribution in [0.3, 0.4) is 0 Å². The van der Waals surface area contributed by atoms with Crippen LogP contribution in [0.4, 0.5) is 18.9 Å². The molecule has 0 saturated heterocycles. The van der Waals surface area contributed by atoms with Gasteiger partial charge in [0.25, 0.3) is 5.91 Å². The van der Waals surface area contributed by atoms with Gasteiger partial charge in [-0.1, -0.05) is 25.1 Å². The third-order valence-corrected chi connectivity index (χ3v) is 4.32. The lowest BCUT2D eigenvalue weighted by Gasteiger charge is -2.17. The second-order valence-corrected chi connectivity index (χ2v) is 6.44. The first-order chi connectivity index (χ1) is 11.3. The zero-order valence-corrected chi connectivity index (χ0v) is 14.3. The normalized spacial score (nSPS) is 11.4. The number of pyridine rings is 1. The molecule has 7 heteroatoms. The number of aromatic nitrogens is 1. The highest BCUT2D eigenvalue weighted by Gasteiger charge is 2.37. The molecule has 0 radical (unpaired) electrons. The van der Waals surface area contributed by atoms with Crippen molar-refractivity contribution in [3.63, 3.8) is 0 Å². The fraction of sp³-hybridized carbons (Fsp3) is 0.294.